The molecule has 3 aromatic rings. The van der Waals surface area contributed by atoms with Gasteiger partial charge in [0.2, 0.25) is 0 Å². The molecule has 3 rings (SSSR count). The molecule has 3 aromatic carbocycles. The number of rotatable bonds is 9. The first kappa shape index (κ1) is 17.8. The Hall–Kier alpha value is -1.98. The van der Waals surface area contributed by atoms with E-state index in [1.807, 2.05) is 0 Å². The third-order valence-corrected chi connectivity index (χ3v) is 4.68. The van der Waals surface area contributed by atoms with Crippen molar-refractivity contribution in [1.29, 1.82) is 0 Å². The number of nitrogens with two attached hydrogens (primary N) is 2. The summed E-state index contributed by atoms with van der Waals surface area (Å²) in [5.41, 5.74) is 12.7. The fourth-order valence-electron chi connectivity index (χ4n) is 3.45. The highest BCUT2D eigenvalue weighted by molar-refractivity contribution is 6.02. The lowest BCUT2D eigenvalue weighted by Gasteiger charge is -2.21. The molecule has 0 fully saturated rings. The quantitative estimate of drug-likeness (QED) is 0.414. The Labute approximate surface area is 149 Å². The molecule has 0 bridgehead atoms. The average molecular weight is 336 g/mol. The number of hydrogen-bond donors (Lipinski definition) is 3. The Morgan fingerprint density at radius 3 is 1.88 bits per heavy atom. The maximum Gasteiger partial charge on any atom is 0.0218 e. The first-order chi connectivity index (χ1) is 12.3. The first-order valence-electron chi connectivity index (χ1n) is 9.06. The van der Waals surface area contributed by atoms with Gasteiger partial charge >= 0.3 is 0 Å². The van der Waals surface area contributed by atoms with Gasteiger partial charge in [-0.05, 0) is 33.2 Å². The van der Waals surface area contributed by atoms with E-state index in [1.54, 1.807) is 0 Å². The van der Waals surface area contributed by atoms with Crippen molar-refractivity contribution in [1.82, 2.24) is 10.2 Å². The van der Waals surface area contributed by atoms with Crippen molar-refractivity contribution in [2.45, 2.75) is 6.54 Å². The predicted molar refractivity (Wildman–Crippen MR) is 108 cm³/mol. The lowest BCUT2D eigenvalue weighted by atomic mass is 9.97. The van der Waals surface area contributed by atoms with Gasteiger partial charge in [-0.1, -0.05) is 48.5 Å². The molecular formula is C21H28N4. The topological polar surface area (TPSA) is 67.3 Å². The Balaban J connectivity index is 1.75. The van der Waals surface area contributed by atoms with Gasteiger partial charge < -0.3 is 16.8 Å². The van der Waals surface area contributed by atoms with Gasteiger partial charge in [-0.15, -0.1) is 0 Å². The lowest BCUT2D eigenvalue weighted by Crippen LogP contribution is -2.38. The fourth-order valence-corrected chi connectivity index (χ4v) is 3.45. The van der Waals surface area contributed by atoms with E-state index in [0.29, 0.717) is 13.1 Å². The maximum atomic E-state index is 5.68. The summed E-state index contributed by atoms with van der Waals surface area (Å²) in [4.78, 5) is 2.31. The molecule has 0 aromatic heterocycles. The van der Waals surface area contributed by atoms with Crippen molar-refractivity contribution in [2.75, 3.05) is 39.3 Å². The number of nitrogens with zero attached hydrogens (tertiary/aromatic N) is 1. The summed E-state index contributed by atoms with van der Waals surface area (Å²) in [7, 11) is 0. The van der Waals surface area contributed by atoms with Gasteiger partial charge in [-0.2, -0.15) is 0 Å². The summed E-state index contributed by atoms with van der Waals surface area (Å²) in [6.45, 7) is 5.91. The first-order valence-corrected chi connectivity index (χ1v) is 9.06. The fraction of sp³-hybridized carbons (Fsp3) is 0.333. The molecule has 0 aliphatic rings. The molecule has 0 amide bonds. The summed E-state index contributed by atoms with van der Waals surface area (Å²) in [6.07, 6.45) is 0. The van der Waals surface area contributed by atoms with E-state index in [4.69, 9.17) is 11.5 Å². The van der Waals surface area contributed by atoms with Crippen molar-refractivity contribution >= 4 is 21.5 Å². The summed E-state index contributed by atoms with van der Waals surface area (Å²) >= 11 is 0. The number of nitrogens with one attached hydrogen (secondary N) is 1. The Morgan fingerprint density at radius 2 is 1.32 bits per heavy atom. The second-order valence-corrected chi connectivity index (χ2v) is 6.39. The van der Waals surface area contributed by atoms with E-state index in [2.05, 4.69) is 64.8 Å². The molecule has 0 heterocycles. The zero-order valence-corrected chi connectivity index (χ0v) is 14.7. The summed E-state index contributed by atoms with van der Waals surface area (Å²) < 4.78 is 0. The van der Waals surface area contributed by atoms with Crippen LogP contribution in [0.4, 0.5) is 0 Å². The van der Waals surface area contributed by atoms with Crippen molar-refractivity contribution in [3.05, 3.63) is 60.2 Å². The zero-order valence-electron chi connectivity index (χ0n) is 14.7. The molecular weight excluding hydrogens is 308 g/mol. The Kier molecular flexibility index (Phi) is 6.36. The van der Waals surface area contributed by atoms with Gasteiger partial charge in [-0.25, -0.2) is 0 Å². The number of benzene rings is 3. The van der Waals surface area contributed by atoms with E-state index in [-0.39, 0.29) is 0 Å². The third kappa shape index (κ3) is 4.35. The highest BCUT2D eigenvalue weighted by Gasteiger charge is 2.07. The van der Waals surface area contributed by atoms with Crippen molar-refractivity contribution in [2.24, 2.45) is 11.5 Å². The van der Waals surface area contributed by atoms with Gasteiger partial charge in [0, 0.05) is 45.8 Å². The summed E-state index contributed by atoms with van der Waals surface area (Å²) in [5, 5.41) is 8.86. The summed E-state index contributed by atoms with van der Waals surface area (Å²) in [5.74, 6) is 0. The van der Waals surface area contributed by atoms with Crippen LogP contribution in [0.25, 0.3) is 21.5 Å². The molecule has 0 saturated carbocycles. The molecule has 25 heavy (non-hydrogen) atoms. The molecule has 4 nitrogen and oxygen atoms in total. The maximum absolute atomic E-state index is 5.68. The van der Waals surface area contributed by atoms with Gasteiger partial charge in [0.1, 0.15) is 0 Å². The largest absolute Gasteiger partial charge is 0.329 e. The summed E-state index contributed by atoms with van der Waals surface area (Å²) in [6, 6.07) is 19.5. The van der Waals surface area contributed by atoms with E-state index in [9.17, 15) is 0 Å². The van der Waals surface area contributed by atoms with Crippen LogP contribution in [-0.4, -0.2) is 44.2 Å². The molecule has 132 valence electrons. The third-order valence-electron chi connectivity index (χ3n) is 4.68. The SMILES string of the molecule is NCCN(CCN)CCNCc1c2ccccc2cc2ccccc12. The Morgan fingerprint density at radius 1 is 0.760 bits per heavy atom. The Bertz CT molecular complexity index is 755. The molecule has 0 radical (unpaired) electrons. The normalized spacial score (nSPS) is 11.6. The predicted octanol–water partition coefficient (Wildman–Crippen LogP) is 2.30. The van der Waals surface area contributed by atoms with Crippen LogP contribution in [0.2, 0.25) is 0 Å². The average Bonchev–Trinajstić information content (AvgIpc) is 2.64. The molecule has 0 atom stereocenters. The molecule has 0 unspecified atom stereocenters. The number of hydrogen-bond acceptors (Lipinski definition) is 4. The minimum atomic E-state index is 0.675. The molecule has 4 heteroatoms. The van der Waals surface area contributed by atoms with Gasteiger partial charge in [0.05, 0.1) is 0 Å². The monoisotopic (exact) mass is 336 g/mol. The van der Waals surface area contributed by atoms with E-state index in [0.717, 1.165) is 32.7 Å². The second kappa shape index (κ2) is 8.92. The van der Waals surface area contributed by atoms with Crippen molar-refractivity contribution in [3.8, 4) is 0 Å². The van der Waals surface area contributed by atoms with Crippen LogP contribution in [-0.2, 0) is 6.54 Å². The minimum absolute atomic E-state index is 0.675. The van der Waals surface area contributed by atoms with Crippen LogP contribution in [0.15, 0.2) is 54.6 Å². The number of fused-ring (bicyclic) bond motifs is 2. The molecule has 0 aliphatic carbocycles. The molecule has 5 N–H and O–H groups in total. The van der Waals surface area contributed by atoms with Crippen molar-refractivity contribution in [3.63, 3.8) is 0 Å². The van der Waals surface area contributed by atoms with Crippen LogP contribution in [0, 0.1) is 0 Å². The highest BCUT2D eigenvalue weighted by Crippen LogP contribution is 2.28. The minimum Gasteiger partial charge on any atom is -0.329 e. The van der Waals surface area contributed by atoms with Crippen LogP contribution >= 0.6 is 0 Å². The smallest absolute Gasteiger partial charge is 0.0218 e. The van der Waals surface area contributed by atoms with Crippen LogP contribution in [0.1, 0.15) is 5.56 Å². The van der Waals surface area contributed by atoms with Gasteiger partial charge in [-0.3, -0.25) is 4.90 Å². The van der Waals surface area contributed by atoms with Gasteiger partial charge in [0.25, 0.3) is 0 Å². The van der Waals surface area contributed by atoms with Gasteiger partial charge in [0.15, 0.2) is 0 Å². The molecule has 0 saturated heterocycles. The lowest BCUT2D eigenvalue weighted by molar-refractivity contribution is 0.288. The van der Waals surface area contributed by atoms with Crippen LogP contribution in [0.3, 0.4) is 0 Å². The standard InChI is InChI=1S/C21H28N4/c22-9-12-25(13-10-23)14-11-24-16-21-19-7-3-1-5-17(19)15-18-6-2-4-8-20(18)21/h1-8,15,24H,9-14,16,22-23H2. The van der Waals surface area contributed by atoms with E-state index < -0.39 is 0 Å². The molecule has 0 spiro atoms. The van der Waals surface area contributed by atoms with E-state index >= 15 is 0 Å². The van der Waals surface area contributed by atoms with Crippen molar-refractivity contribution < 1.29 is 0 Å². The molecule has 0 aliphatic heterocycles. The zero-order chi connectivity index (χ0) is 17.5. The second-order valence-electron chi connectivity index (χ2n) is 6.39. The van der Waals surface area contributed by atoms with Crippen LogP contribution < -0.4 is 16.8 Å². The van der Waals surface area contributed by atoms with E-state index in [1.165, 1.54) is 27.1 Å². The van der Waals surface area contributed by atoms with Crippen LogP contribution in [0.5, 0.6) is 0 Å². The highest BCUT2D eigenvalue weighted by atomic mass is 15.1.